The summed E-state index contributed by atoms with van der Waals surface area (Å²) in [4.78, 5) is 12.0. The number of halogens is 5. The monoisotopic (exact) mass is 489 g/mol. The van der Waals surface area contributed by atoms with Crippen molar-refractivity contribution >= 4 is 24.5 Å². The molecule has 0 aromatic heterocycles. The predicted octanol–water partition coefficient (Wildman–Crippen LogP) is 5.64. The van der Waals surface area contributed by atoms with Crippen LogP contribution in [0.4, 0.5) is 22.0 Å². The molecule has 3 aromatic rings. The van der Waals surface area contributed by atoms with Gasteiger partial charge in [-0.3, -0.25) is 4.79 Å². The number of hydrogen-bond acceptors (Lipinski definition) is 5. The first-order valence-corrected chi connectivity index (χ1v) is 11.0. The van der Waals surface area contributed by atoms with E-state index >= 15 is 0 Å². The molecule has 0 aliphatic heterocycles. The zero-order chi connectivity index (χ0) is 24.3. The van der Waals surface area contributed by atoms with E-state index < -0.39 is 54.6 Å². The molecule has 0 amide bonds. The summed E-state index contributed by atoms with van der Waals surface area (Å²) >= 11 is 0. The van der Waals surface area contributed by atoms with E-state index in [0.717, 1.165) is 0 Å². The second-order valence-corrected chi connectivity index (χ2v) is 8.28. The number of esters is 1. The highest BCUT2D eigenvalue weighted by molar-refractivity contribution is 7.52. The molecule has 0 radical (unpaired) electrons. The molecule has 12 heteroatoms. The highest BCUT2D eigenvalue weighted by Gasteiger charge is 2.38. The Morgan fingerprint density at radius 1 is 0.909 bits per heavy atom. The van der Waals surface area contributed by atoms with Crippen LogP contribution in [-0.2, 0) is 14.1 Å². The fourth-order valence-corrected chi connectivity index (χ4v) is 4.36. The van der Waals surface area contributed by atoms with Gasteiger partial charge in [0.15, 0.2) is 0 Å². The molecule has 176 valence electrons. The molecule has 33 heavy (non-hydrogen) atoms. The van der Waals surface area contributed by atoms with Gasteiger partial charge in [-0.05, 0) is 25.3 Å². The summed E-state index contributed by atoms with van der Waals surface area (Å²) in [5, 5.41) is 3.13. The smallest absolute Gasteiger partial charge is 0.465 e. The lowest BCUT2D eigenvalue weighted by molar-refractivity contribution is -0.144. The maximum absolute atomic E-state index is 14.2. The Balaban J connectivity index is 2.08. The average Bonchev–Trinajstić information content (AvgIpc) is 2.79. The largest absolute Gasteiger partial charge is 0.513 e. The summed E-state index contributed by atoms with van der Waals surface area (Å²) in [5.41, 5.74) is 0. The number of ether oxygens (including phenoxy) is 1. The third-order valence-electron chi connectivity index (χ3n) is 4.34. The van der Waals surface area contributed by atoms with Gasteiger partial charge in [-0.25, -0.2) is 17.7 Å². The van der Waals surface area contributed by atoms with Crippen molar-refractivity contribution in [3.05, 3.63) is 71.6 Å². The van der Waals surface area contributed by atoms with Crippen molar-refractivity contribution in [1.82, 2.24) is 5.09 Å². The topological polar surface area (TPSA) is 73.9 Å². The molecule has 0 heterocycles. The molecule has 0 saturated heterocycles. The molecule has 0 spiro atoms. The number of fused-ring (bicyclic) bond motifs is 1. The van der Waals surface area contributed by atoms with Crippen molar-refractivity contribution in [3.8, 4) is 11.5 Å². The molecule has 0 aliphatic carbocycles. The molecule has 6 nitrogen and oxygen atoms in total. The van der Waals surface area contributed by atoms with Crippen LogP contribution in [0.25, 0.3) is 10.8 Å². The quantitative estimate of drug-likeness (QED) is 0.145. The van der Waals surface area contributed by atoms with Gasteiger partial charge in [0.25, 0.3) is 0 Å². The van der Waals surface area contributed by atoms with Crippen LogP contribution >= 0.6 is 7.75 Å². The van der Waals surface area contributed by atoms with Crippen molar-refractivity contribution < 1.29 is 45.1 Å². The Kier molecular flexibility index (Phi) is 7.24. The van der Waals surface area contributed by atoms with Gasteiger partial charge in [0, 0.05) is 5.39 Å². The molecule has 1 N–H and O–H groups in total. The van der Waals surface area contributed by atoms with E-state index in [1.165, 1.54) is 26.0 Å². The lowest BCUT2D eigenvalue weighted by atomic mass is 10.1. The van der Waals surface area contributed by atoms with Crippen molar-refractivity contribution in [1.29, 1.82) is 0 Å². The first-order chi connectivity index (χ1) is 15.6. The summed E-state index contributed by atoms with van der Waals surface area (Å²) in [5.74, 6) is -14.6. The zero-order valence-corrected chi connectivity index (χ0v) is 18.1. The lowest BCUT2D eigenvalue weighted by Crippen LogP contribution is -2.36. The van der Waals surface area contributed by atoms with Crippen LogP contribution in [0.15, 0.2) is 42.5 Å². The zero-order valence-electron chi connectivity index (χ0n) is 17.2. The van der Waals surface area contributed by atoms with E-state index in [9.17, 15) is 31.3 Å². The van der Waals surface area contributed by atoms with Crippen molar-refractivity contribution in [2.24, 2.45) is 0 Å². The van der Waals surface area contributed by atoms with E-state index in [0.29, 0.717) is 10.8 Å². The van der Waals surface area contributed by atoms with Gasteiger partial charge >= 0.3 is 13.7 Å². The molecular weight excluding hydrogens is 472 g/mol. The number of benzene rings is 3. The van der Waals surface area contributed by atoms with Crippen LogP contribution in [-0.4, -0.2) is 18.6 Å². The van der Waals surface area contributed by atoms with Crippen molar-refractivity contribution in [3.63, 3.8) is 0 Å². The molecule has 0 fully saturated rings. The van der Waals surface area contributed by atoms with E-state index in [1.807, 2.05) is 0 Å². The third-order valence-corrected chi connectivity index (χ3v) is 5.90. The van der Waals surface area contributed by atoms with Crippen molar-refractivity contribution in [2.45, 2.75) is 19.9 Å². The van der Waals surface area contributed by atoms with Crippen LogP contribution < -0.4 is 14.1 Å². The summed E-state index contributed by atoms with van der Waals surface area (Å²) in [6.45, 7) is 2.64. The molecule has 0 saturated carbocycles. The Labute approximate surface area is 184 Å². The highest BCUT2D eigenvalue weighted by atomic mass is 31.2. The number of carbonyl (C=O) groups excluding carboxylic acids is 1. The highest BCUT2D eigenvalue weighted by Crippen LogP contribution is 2.49. The Hall–Kier alpha value is -3.17. The van der Waals surface area contributed by atoms with Gasteiger partial charge in [-0.2, -0.15) is 13.9 Å². The standard InChI is InChI=1S/C21H17F5NO5P/c1-3-30-21(28)11(2)27-33(29,31-14-10-6-8-12-7-4-5-9-13(12)14)32-20-18(25)16(23)15(22)17(24)19(20)26/h4-11H,3H2,1-2H3,(H,27,29)/t11-,33?/m0/s1. The minimum atomic E-state index is -5.00. The fraction of sp³-hybridized carbons (Fsp3) is 0.190. The summed E-state index contributed by atoms with van der Waals surface area (Å²) in [6.07, 6.45) is 0. The molecular formula is C21H17F5NO5P. The van der Waals surface area contributed by atoms with E-state index in [4.69, 9.17) is 13.8 Å². The molecule has 1 unspecified atom stereocenters. The Morgan fingerprint density at radius 2 is 1.48 bits per heavy atom. The van der Waals surface area contributed by atoms with Gasteiger partial charge in [0.05, 0.1) is 6.61 Å². The first kappa shape index (κ1) is 24.5. The number of nitrogens with one attached hydrogen (secondary N) is 1. The first-order valence-electron chi connectivity index (χ1n) is 9.50. The van der Waals surface area contributed by atoms with Gasteiger partial charge in [-0.15, -0.1) is 0 Å². The van der Waals surface area contributed by atoms with E-state index in [1.54, 1.807) is 30.3 Å². The average molecular weight is 489 g/mol. The van der Waals surface area contributed by atoms with Crippen molar-refractivity contribution in [2.75, 3.05) is 6.61 Å². The minimum absolute atomic E-state index is 0.0438. The summed E-state index contributed by atoms with van der Waals surface area (Å²) in [6, 6.07) is 9.72. The molecule has 0 aliphatic rings. The normalized spacial score (nSPS) is 13.9. The number of rotatable bonds is 8. The lowest BCUT2D eigenvalue weighted by Gasteiger charge is -2.24. The molecule has 0 bridgehead atoms. The van der Waals surface area contributed by atoms with E-state index in [2.05, 4.69) is 5.09 Å². The molecule has 2 atom stereocenters. The molecule has 3 aromatic carbocycles. The summed E-state index contributed by atoms with van der Waals surface area (Å²) in [7, 11) is -5.00. The van der Waals surface area contributed by atoms with Gasteiger partial charge < -0.3 is 13.8 Å². The second-order valence-electron chi connectivity index (χ2n) is 6.66. The Bertz CT molecular complexity index is 1220. The van der Waals surface area contributed by atoms with Crippen LogP contribution in [0.3, 0.4) is 0 Å². The minimum Gasteiger partial charge on any atom is -0.465 e. The van der Waals surface area contributed by atoms with Gasteiger partial charge in [0.1, 0.15) is 11.8 Å². The number of hydrogen-bond donors (Lipinski definition) is 1. The van der Waals surface area contributed by atoms with Gasteiger partial charge in [-0.1, -0.05) is 36.4 Å². The fourth-order valence-electron chi connectivity index (χ4n) is 2.82. The maximum Gasteiger partial charge on any atom is 0.513 e. The maximum atomic E-state index is 14.2. The van der Waals surface area contributed by atoms with Gasteiger partial charge in [0.2, 0.25) is 34.8 Å². The Morgan fingerprint density at radius 3 is 2.12 bits per heavy atom. The molecule has 3 rings (SSSR count). The number of carbonyl (C=O) groups is 1. The van der Waals surface area contributed by atoms with Crippen LogP contribution in [0.1, 0.15) is 13.8 Å². The second kappa shape index (κ2) is 9.76. The van der Waals surface area contributed by atoms with Crippen LogP contribution in [0.2, 0.25) is 0 Å². The van der Waals surface area contributed by atoms with Crippen LogP contribution in [0.5, 0.6) is 11.5 Å². The summed E-state index contributed by atoms with van der Waals surface area (Å²) < 4.78 is 97.5. The predicted molar refractivity (Wildman–Crippen MR) is 108 cm³/mol. The van der Waals surface area contributed by atoms with E-state index in [-0.39, 0.29) is 12.4 Å². The third kappa shape index (κ3) is 5.09. The van der Waals surface area contributed by atoms with Crippen LogP contribution in [0, 0.1) is 29.1 Å². The SMILES string of the molecule is CCOC(=O)[C@H](C)NP(=O)(Oc1c(F)c(F)c(F)c(F)c1F)Oc1cccc2ccccc12.